The van der Waals surface area contributed by atoms with E-state index in [9.17, 15) is 0 Å². The number of aromatic nitrogens is 4. The lowest BCUT2D eigenvalue weighted by molar-refractivity contribution is 0.0757. The molecule has 2 fully saturated rings. The molecule has 2 unspecified atom stereocenters. The first-order valence-corrected chi connectivity index (χ1v) is 11.5. The van der Waals surface area contributed by atoms with Gasteiger partial charge in [-0.25, -0.2) is 9.97 Å². The molecule has 0 amide bonds. The molecule has 32 heavy (non-hydrogen) atoms. The Kier molecular flexibility index (Phi) is 3.51. The number of rotatable bonds is 2. The van der Waals surface area contributed by atoms with Gasteiger partial charge in [-0.2, -0.15) is 4.98 Å². The van der Waals surface area contributed by atoms with E-state index in [1.165, 1.54) is 18.5 Å². The highest BCUT2D eigenvalue weighted by Gasteiger charge is 2.61. The van der Waals surface area contributed by atoms with E-state index in [0.717, 1.165) is 48.7 Å². The van der Waals surface area contributed by atoms with Crippen LogP contribution < -0.4 is 15.0 Å². The number of H-pyrrole nitrogens is 1. The number of aromatic amines is 1. The first kappa shape index (κ1) is 18.5. The van der Waals surface area contributed by atoms with Gasteiger partial charge in [-0.15, -0.1) is 0 Å². The summed E-state index contributed by atoms with van der Waals surface area (Å²) in [6.07, 6.45) is 16.8. The van der Waals surface area contributed by atoms with Gasteiger partial charge >= 0.3 is 0 Å². The van der Waals surface area contributed by atoms with Gasteiger partial charge in [0.1, 0.15) is 12.4 Å². The third-order valence-electron chi connectivity index (χ3n) is 8.96. The molecular weight excluding hydrogens is 404 g/mol. The van der Waals surface area contributed by atoms with Crippen molar-refractivity contribution < 1.29 is 9.47 Å². The average molecular weight is 433 g/mol. The summed E-state index contributed by atoms with van der Waals surface area (Å²) >= 11 is 0. The molecule has 8 nitrogen and oxygen atoms in total. The predicted molar refractivity (Wildman–Crippen MR) is 119 cm³/mol. The summed E-state index contributed by atoms with van der Waals surface area (Å²) in [6.45, 7) is 0.699. The molecule has 8 rings (SSSR count). The molecule has 2 aromatic heterocycles. The highest BCUT2D eigenvalue weighted by atomic mass is 16.5. The third kappa shape index (κ3) is 2.30. The van der Waals surface area contributed by atoms with Crippen molar-refractivity contribution in [3.63, 3.8) is 0 Å². The maximum absolute atomic E-state index is 6.20. The van der Waals surface area contributed by atoms with Crippen LogP contribution in [-0.4, -0.2) is 46.2 Å². The van der Waals surface area contributed by atoms with Crippen LogP contribution in [0.4, 0.5) is 11.8 Å². The normalized spacial score (nSPS) is 36.4. The van der Waals surface area contributed by atoms with Crippen LogP contribution in [0.5, 0.6) is 5.75 Å². The van der Waals surface area contributed by atoms with Gasteiger partial charge in [0, 0.05) is 36.6 Å². The topological polar surface area (TPSA) is 88.2 Å². The van der Waals surface area contributed by atoms with Crippen LogP contribution in [0.2, 0.25) is 0 Å². The van der Waals surface area contributed by atoms with Crippen molar-refractivity contribution >= 4 is 11.8 Å². The lowest BCUT2D eigenvalue weighted by Crippen LogP contribution is -2.57. The molecule has 0 radical (unpaired) electrons. The predicted octanol–water partition coefficient (Wildman–Crippen LogP) is 3.74. The fourth-order valence-electron chi connectivity index (χ4n) is 7.21. The SMILES string of the molecule is COC1=CC2=CC13CC1(CCC4(CC1)COc1cnc(nc1N4C)N2)CC3c1cnc[nH]1. The Morgan fingerprint density at radius 3 is 2.88 bits per heavy atom. The van der Waals surface area contributed by atoms with Crippen molar-refractivity contribution in [2.45, 2.75) is 50.0 Å². The molecule has 0 aromatic carbocycles. The van der Waals surface area contributed by atoms with Gasteiger partial charge in [-0.3, -0.25) is 0 Å². The first-order chi connectivity index (χ1) is 15.5. The molecule has 2 saturated carbocycles. The number of imidazole rings is 1. The lowest BCUT2D eigenvalue weighted by atomic mass is 9.64. The molecule has 5 heterocycles. The van der Waals surface area contributed by atoms with Crippen molar-refractivity contribution in [2.75, 3.05) is 31.0 Å². The van der Waals surface area contributed by atoms with Crippen molar-refractivity contribution in [1.82, 2.24) is 19.9 Å². The maximum Gasteiger partial charge on any atom is 0.229 e. The van der Waals surface area contributed by atoms with Gasteiger partial charge in [-0.1, -0.05) is 0 Å². The molecule has 2 N–H and O–H groups in total. The maximum atomic E-state index is 6.20. The van der Waals surface area contributed by atoms with E-state index in [-0.39, 0.29) is 16.4 Å². The smallest absolute Gasteiger partial charge is 0.229 e. The zero-order chi connectivity index (χ0) is 21.6. The van der Waals surface area contributed by atoms with Gasteiger partial charge < -0.3 is 24.7 Å². The molecule has 6 aliphatic rings. The Morgan fingerprint density at radius 1 is 1.22 bits per heavy atom. The summed E-state index contributed by atoms with van der Waals surface area (Å²) in [6, 6.07) is 0. The number of allylic oxidation sites excluding steroid dienone is 2. The van der Waals surface area contributed by atoms with E-state index in [2.05, 4.69) is 44.4 Å². The average Bonchev–Trinajstić information content (AvgIpc) is 3.51. The van der Waals surface area contributed by atoms with Crippen molar-refractivity contribution in [2.24, 2.45) is 10.8 Å². The molecule has 8 heteroatoms. The van der Waals surface area contributed by atoms with Crippen LogP contribution >= 0.6 is 0 Å². The summed E-state index contributed by atoms with van der Waals surface area (Å²) in [4.78, 5) is 19.6. The van der Waals surface area contributed by atoms with Gasteiger partial charge in [0.2, 0.25) is 5.95 Å². The summed E-state index contributed by atoms with van der Waals surface area (Å²) in [5.41, 5.74) is 2.25. The van der Waals surface area contributed by atoms with Crippen LogP contribution in [0, 0.1) is 10.8 Å². The van der Waals surface area contributed by atoms with E-state index >= 15 is 0 Å². The first-order valence-electron chi connectivity index (χ1n) is 11.5. The molecule has 2 atom stereocenters. The second-order valence-electron chi connectivity index (χ2n) is 10.4. The van der Waals surface area contributed by atoms with Crippen LogP contribution in [-0.2, 0) is 4.74 Å². The highest BCUT2D eigenvalue weighted by Crippen LogP contribution is 2.68. The number of likely N-dealkylation sites (N-methyl/N-ethyl adjacent to an activating group) is 1. The van der Waals surface area contributed by atoms with Gasteiger partial charge in [0.25, 0.3) is 0 Å². The number of methoxy groups -OCH3 is 1. The molecule has 3 aliphatic heterocycles. The molecule has 0 saturated heterocycles. The standard InChI is InChI=1S/C24H28N6O2/c1-30-20-18-11-26-21(29-20)28-15-7-19(31-2)24(8-15)12-22(9-16(24)17-10-25-14-27-17)3-5-23(30,6-4-22)13-32-18/h7-8,10-11,14,16H,3-6,9,12-13H2,1-2H3,(H,25,27)(H,26,28,29). The quantitative estimate of drug-likeness (QED) is 0.747. The van der Waals surface area contributed by atoms with Crippen LogP contribution in [0.15, 0.2) is 42.3 Å². The minimum atomic E-state index is -0.191. The number of hydrogen-bond acceptors (Lipinski definition) is 7. The minimum absolute atomic E-state index is 0.00698. The van der Waals surface area contributed by atoms with Crippen LogP contribution in [0.3, 0.4) is 0 Å². The highest BCUT2D eigenvalue weighted by molar-refractivity contribution is 5.60. The molecule has 6 bridgehead atoms. The minimum Gasteiger partial charge on any atom is -0.500 e. The van der Waals surface area contributed by atoms with E-state index in [0.29, 0.717) is 18.5 Å². The van der Waals surface area contributed by atoms with Crippen molar-refractivity contribution in [1.29, 1.82) is 0 Å². The number of ether oxygens (including phenoxy) is 2. The largest absolute Gasteiger partial charge is 0.500 e. The number of hydrogen-bond donors (Lipinski definition) is 2. The molecular formula is C24H28N6O2. The van der Waals surface area contributed by atoms with E-state index in [4.69, 9.17) is 14.5 Å². The summed E-state index contributed by atoms with van der Waals surface area (Å²) in [5, 5.41) is 3.46. The van der Waals surface area contributed by atoms with Crippen LogP contribution in [0.25, 0.3) is 0 Å². The fourth-order valence-corrected chi connectivity index (χ4v) is 7.21. The summed E-state index contributed by atoms with van der Waals surface area (Å²) < 4.78 is 12.2. The van der Waals surface area contributed by atoms with Gasteiger partial charge in [0.15, 0.2) is 11.6 Å². The molecule has 3 aliphatic carbocycles. The number of anilines is 2. The Bertz CT molecular complexity index is 1150. The summed E-state index contributed by atoms with van der Waals surface area (Å²) in [7, 11) is 3.97. The van der Waals surface area contributed by atoms with E-state index in [1.807, 2.05) is 6.20 Å². The molecule has 166 valence electrons. The van der Waals surface area contributed by atoms with Gasteiger partial charge in [0.05, 0.1) is 30.6 Å². The number of nitrogens with one attached hydrogen (secondary N) is 2. The van der Waals surface area contributed by atoms with Crippen molar-refractivity contribution in [3.8, 4) is 5.75 Å². The zero-order valence-corrected chi connectivity index (χ0v) is 18.5. The lowest BCUT2D eigenvalue weighted by Gasteiger charge is -2.52. The number of nitrogens with zero attached hydrogens (tertiary/aromatic N) is 4. The van der Waals surface area contributed by atoms with E-state index in [1.54, 1.807) is 19.6 Å². The Labute approximate surface area is 187 Å². The van der Waals surface area contributed by atoms with Crippen molar-refractivity contribution in [3.05, 3.63) is 48.0 Å². The fraction of sp³-hybridized carbons (Fsp3) is 0.542. The molecule has 3 spiro atoms. The Hall–Kier alpha value is -3.03. The third-order valence-corrected chi connectivity index (χ3v) is 8.96. The zero-order valence-electron chi connectivity index (χ0n) is 18.5. The van der Waals surface area contributed by atoms with Gasteiger partial charge in [-0.05, 0) is 50.0 Å². The second-order valence-corrected chi connectivity index (χ2v) is 10.4. The molecule has 2 aromatic rings. The number of fused-ring (bicyclic) bond motifs is 2. The second kappa shape index (κ2) is 6.05. The Morgan fingerprint density at radius 2 is 2.09 bits per heavy atom. The summed E-state index contributed by atoms with van der Waals surface area (Å²) in [5.74, 6) is 3.56. The monoisotopic (exact) mass is 432 g/mol. The van der Waals surface area contributed by atoms with Crippen LogP contribution in [0.1, 0.15) is 50.1 Å². The Balaban J connectivity index is 1.42. The van der Waals surface area contributed by atoms with E-state index < -0.39 is 0 Å².